The summed E-state index contributed by atoms with van der Waals surface area (Å²) in [6.45, 7) is 0.464. The first kappa shape index (κ1) is 10.7. The maximum absolute atomic E-state index is 5.98. The third kappa shape index (κ3) is 1.72. The Morgan fingerprint density at radius 3 is 3.00 bits per heavy atom. The lowest BCUT2D eigenvalue weighted by Gasteiger charge is -2.01. The Bertz CT molecular complexity index is 673. The van der Waals surface area contributed by atoms with Gasteiger partial charge in [-0.15, -0.1) is 21.5 Å². The largest absolute Gasteiger partial charge is 0.325 e. The molecule has 3 rings (SSSR count). The maximum atomic E-state index is 5.98. The molecule has 1 aromatic carbocycles. The van der Waals surface area contributed by atoms with Crippen molar-refractivity contribution in [2.24, 2.45) is 5.73 Å². The molecule has 0 aliphatic rings. The lowest BCUT2D eigenvalue weighted by atomic mass is 10.2. The van der Waals surface area contributed by atoms with Crippen molar-refractivity contribution in [3.05, 3.63) is 40.4 Å². The summed E-state index contributed by atoms with van der Waals surface area (Å²) in [6, 6.07) is 7.56. The molecule has 3 aromatic rings. The summed E-state index contributed by atoms with van der Waals surface area (Å²) in [7, 11) is 0. The molecule has 4 nitrogen and oxygen atoms in total. The van der Waals surface area contributed by atoms with E-state index in [1.165, 1.54) is 11.3 Å². The summed E-state index contributed by atoms with van der Waals surface area (Å²) in [5.41, 5.74) is 7.65. The van der Waals surface area contributed by atoms with Gasteiger partial charge in [-0.2, -0.15) is 0 Å². The number of halogens is 1. The van der Waals surface area contributed by atoms with Gasteiger partial charge in [0.25, 0.3) is 0 Å². The van der Waals surface area contributed by atoms with E-state index in [0.29, 0.717) is 11.6 Å². The molecule has 0 bridgehead atoms. The Balaban J connectivity index is 2.26. The fourth-order valence-corrected chi connectivity index (χ4v) is 2.76. The van der Waals surface area contributed by atoms with E-state index in [1.54, 1.807) is 0 Å². The van der Waals surface area contributed by atoms with Crippen molar-refractivity contribution in [1.82, 2.24) is 14.6 Å². The average molecular weight is 265 g/mol. The zero-order valence-corrected chi connectivity index (χ0v) is 10.4. The van der Waals surface area contributed by atoms with E-state index in [0.717, 1.165) is 22.0 Å². The zero-order valence-electron chi connectivity index (χ0n) is 8.80. The highest BCUT2D eigenvalue weighted by Crippen LogP contribution is 2.25. The average Bonchev–Trinajstić information content (AvgIpc) is 2.89. The Labute approximate surface area is 107 Å². The van der Waals surface area contributed by atoms with Gasteiger partial charge in [-0.05, 0) is 12.1 Å². The van der Waals surface area contributed by atoms with Crippen LogP contribution in [0.2, 0.25) is 5.02 Å². The molecule has 0 saturated heterocycles. The number of nitrogens with two attached hydrogens (primary N) is 1. The van der Waals surface area contributed by atoms with E-state index in [1.807, 2.05) is 34.0 Å². The van der Waals surface area contributed by atoms with Crippen molar-refractivity contribution < 1.29 is 0 Å². The van der Waals surface area contributed by atoms with Gasteiger partial charge in [-0.3, -0.25) is 4.40 Å². The SMILES string of the molecule is NCc1csc2nnc(-c3cccc(Cl)c3)n12. The van der Waals surface area contributed by atoms with Crippen LogP contribution in [0.15, 0.2) is 29.6 Å². The predicted molar refractivity (Wildman–Crippen MR) is 69.2 cm³/mol. The predicted octanol–water partition coefficient (Wildman–Crippen LogP) is 2.57. The first-order chi connectivity index (χ1) is 8.29. The molecular weight excluding hydrogens is 256 g/mol. The summed E-state index contributed by atoms with van der Waals surface area (Å²) >= 11 is 7.52. The standard InChI is InChI=1S/C11H9ClN4S/c12-8-3-1-2-7(4-8)10-14-15-11-16(10)9(5-13)6-17-11/h1-4,6H,5,13H2. The highest BCUT2D eigenvalue weighted by atomic mass is 35.5. The van der Waals surface area contributed by atoms with E-state index < -0.39 is 0 Å². The first-order valence-corrected chi connectivity index (χ1v) is 6.33. The smallest absolute Gasteiger partial charge is 0.216 e. The van der Waals surface area contributed by atoms with E-state index in [9.17, 15) is 0 Å². The van der Waals surface area contributed by atoms with Crippen LogP contribution < -0.4 is 5.73 Å². The van der Waals surface area contributed by atoms with Crippen LogP contribution in [-0.4, -0.2) is 14.6 Å². The summed E-state index contributed by atoms with van der Waals surface area (Å²) in [4.78, 5) is 0.848. The van der Waals surface area contributed by atoms with Crippen molar-refractivity contribution in [3.8, 4) is 11.4 Å². The van der Waals surface area contributed by atoms with Gasteiger partial charge in [0.15, 0.2) is 5.82 Å². The van der Waals surface area contributed by atoms with Crippen LogP contribution in [-0.2, 0) is 6.54 Å². The Morgan fingerprint density at radius 2 is 2.24 bits per heavy atom. The van der Waals surface area contributed by atoms with E-state index in [2.05, 4.69) is 10.2 Å². The van der Waals surface area contributed by atoms with Crippen molar-refractivity contribution in [3.63, 3.8) is 0 Å². The molecule has 2 aromatic heterocycles. The molecule has 0 radical (unpaired) electrons. The molecule has 0 amide bonds. The van der Waals surface area contributed by atoms with Crippen LogP contribution in [0.1, 0.15) is 5.69 Å². The molecule has 0 spiro atoms. The number of hydrogen-bond donors (Lipinski definition) is 1. The molecule has 0 aliphatic carbocycles. The van der Waals surface area contributed by atoms with Crippen molar-refractivity contribution >= 4 is 27.9 Å². The second-order valence-electron chi connectivity index (χ2n) is 3.58. The zero-order chi connectivity index (χ0) is 11.8. The van der Waals surface area contributed by atoms with Crippen LogP contribution in [0.4, 0.5) is 0 Å². The normalized spacial score (nSPS) is 11.2. The molecule has 0 unspecified atom stereocenters. The molecule has 0 saturated carbocycles. The van der Waals surface area contributed by atoms with Gasteiger partial charge >= 0.3 is 0 Å². The monoisotopic (exact) mass is 264 g/mol. The van der Waals surface area contributed by atoms with Gasteiger partial charge in [0, 0.05) is 22.5 Å². The van der Waals surface area contributed by atoms with Crippen molar-refractivity contribution in [2.75, 3.05) is 0 Å². The summed E-state index contributed by atoms with van der Waals surface area (Å²) < 4.78 is 1.97. The summed E-state index contributed by atoms with van der Waals surface area (Å²) in [6.07, 6.45) is 0. The number of benzene rings is 1. The first-order valence-electron chi connectivity index (χ1n) is 5.07. The molecule has 0 aliphatic heterocycles. The maximum Gasteiger partial charge on any atom is 0.216 e. The quantitative estimate of drug-likeness (QED) is 0.774. The second-order valence-corrected chi connectivity index (χ2v) is 4.86. The summed E-state index contributed by atoms with van der Waals surface area (Å²) in [5, 5.41) is 11.0. The minimum absolute atomic E-state index is 0.464. The molecule has 2 heterocycles. The lowest BCUT2D eigenvalue weighted by Crippen LogP contribution is -2.01. The fraction of sp³-hybridized carbons (Fsp3) is 0.0909. The van der Waals surface area contributed by atoms with Crippen LogP contribution >= 0.6 is 22.9 Å². The third-order valence-electron chi connectivity index (χ3n) is 2.51. The van der Waals surface area contributed by atoms with Gasteiger partial charge < -0.3 is 5.73 Å². The van der Waals surface area contributed by atoms with Crippen LogP contribution in [0.25, 0.3) is 16.3 Å². The minimum atomic E-state index is 0.464. The van der Waals surface area contributed by atoms with E-state index in [-0.39, 0.29) is 0 Å². The van der Waals surface area contributed by atoms with Crippen LogP contribution in [0, 0.1) is 0 Å². The van der Waals surface area contributed by atoms with E-state index >= 15 is 0 Å². The molecule has 0 atom stereocenters. The number of aromatic nitrogens is 3. The molecule has 17 heavy (non-hydrogen) atoms. The molecule has 0 fully saturated rings. The van der Waals surface area contributed by atoms with Crippen LogP contribution in [0.3, 0.4) is 0 Å². The lowest BCUT2D eigenvalue weighted by molar-refractivity contribution is 0.962. The molecular formula is C11H9ClN4S. The topological polar surface area (TPSA) is 56.2 Å². The minimum Gasteiger partial charge on any atom is -0.325 e. The number of thiazole rings is 1. The molecule has 6 heteroatoms. The number of rotatable bonds is 2. The molecule has 2 N–H and O–H groups in total. The third-order valence-corrected chi connectivity index (χ3v) is 3.61. The Hall–Kier alpha value is -1.43. The highest BCUT2D eigenvalue weighted by Gasteiger charge is 2.12. The van der Waals surface area contributed by atoms with Gasteiger partial charge in [-0.1, -0.05) is 23.7 Å². The second kappa shape index (κ2) is 4.10. The fourth-order valence-electron chi connectivity index (χ4n) is 1.73. The van der Waals surface area contributed by atoms with Crippen molar-refractivity contribution in [2.45, 2.75) is 6.54 Å². The number of nitrogens with zero attached hydrogens (tertiary/aromatic N) is 3. The Morgan fingerprint density at radius 1 is 1.35 bits per heavy atom. The molecule has 86 valence electrons. The van der Waals surface area contributed by atoms with Gasteiger partial charge in [0.05, 0.1) is 5.69 Å². The highest BCUT2D eigenvalue weighted by molar-refractivity contribution is 7.15. The van der Waals surface area contributed by atoms with E-state index in [4.69, 9.17) is 17.3 Å². The van der Waals surface area contributed by atoms with Crippen LogP contribution in [0.5, 0.6) is 0 Å². The number of hydrogen-bond acceptors (Lipinski definition) is 4. The van der Waals surface area contributed by atoms with Gasteiger partial charge in [0.1, 0.15) is 0 Å². The van der Waals surface area contributed by atoms with Gasteiger partial charge in [-0.25, -0.2) is 0 Å². The number of fused-ring (bicyclic) bond motifs is 1. The van der Waals surface area contributed by atoms with Crippen molar-refractivity contribution in [1.29, 1.82) is 0 Å². The summed E-state index contributed by atoms with van der Waals surface area (Å²) in [5.74, 6) is 0.782. The van der Waals surface area contributed by atoms with Gasteiger partial charge in [0.2, 0.25) is 4.96 Å². The Kier molecular flexibility index (Phi) is 2.58.